The number of aromatic nitrogens is 1. The van der Waals surface area contributed by atoms with Gasteiger partial charge in [-0.3, -0.25) is 4.79 Å². The number of para-hydroxylation sites is 1. The molecule has 0 spiro atoms. The molecule has 0 radical (unpaired) electrons. The van der Waals surface area contributed by atoms with Crippen LogP contribution in [-0.2, 0) is 17.9 Å². The minimum atomic E-state index is -0.334. The molecule has 24 heavy (non-hydrogen) atoms. The Balaban J connectivity index is 1.59. The fourth-order valence-electron chi connectivity index (χ4n) is 2.71. The summed E-state index contributed by atoms with van der Waals surface area (Å²) in [5.74, 6) is -0.0827. The molecule has 124 valence electrons. The molecule has 4 nitrogen and oxygen atoms in total. The van der Waals surface area contributed by atoms with Crippen LogP contribution in [0.4, 0.5) is 4.39 Å². The van der Waals surface area contributed by atoms with Crippen LogP contribution in [0.25, 0.3) is 10.9 Å². The van der Waals surface area contributed by atoms with Crippen molar-refractivity contribution >= 4 is 16.8 Å². The number of fused-ring (bicyclic) bond motifs is 1. The molecule has 1 N–H and O–H groups in total. The van der Waals surface area contributed by atoms with Gasteiger partial charge in [0, 0.05) is 17.8 Å². The van der Waals surface area contributed by atoms with E-state index < -0.39 is 0 Å². The molecule has 1 aromatic heterocycles. The number of benzene rings is 2. The highest BCUT2D eigenvalue weighted by atomic mass is 19.1. The first-order chi connectivity index (χ1) is 11.7. The number of amides is 1. The molecule has 0 saturated heterocycles. The summed E-state index contributed by atoms with van der Waals surface area (Å²) in [5.41, 5.74) is 2.21. The number of aryl methyl sites for hydroxylation is 1. The standard InChI is InChI=1S/C19H19FN2O2/c1-2-22-16(11-14-5-3-4-6-18(14)22)12-21-19(23)13-24-17-9-7-15(20)8-10-17/h3-11H,2,12-13H2,1H3,(H,21,23). The second-order valence-electron chi connectivity index (χ2n) is 5.46. The average molecular weight is 326 g/mol. The van der Waals surface area contributed by atoms with Gasteiger partial charge < -0.3 is 14.6 Å². The summed E-state index contributed by atoms with van der Waals surface area (Å²) in [6, 6.07) is 15.8. The van der Waals surface area contributed by atoms with Crippen molar-refractivity contribution in [3.8, 4) is 5.75 Å². The Morgan fingerprint density at radius 1 is 1.17 bits per heavy atom. The quantitative estimate of drug-likeness (QED) is 0.753. The molecule has 0 bridgehead atoms. The molecule has 0 fully saturated rings. The van der Waals surface area contributed by atoms with Crippen molar-refractivity contribution in [3.05, 3.63) is 66.1 Å². The molecule has 0 unspecified atom stereocenters. The molecular weight excluding hydrogens is 307 g/mol. The topological polar surface area (TPSA) is 43.3 Å². The second-order valence-corrected chi connectivity index (χ2v) is 5.46. The molecule has 1 amide bonds. The van der Waals surface area contributed by atoms with Gasteiger partial charge in [-0.05, 0) is 48.7 Å². The van der Waals surface area contributed by atoms with E-state index in [1.807, 2.05) is 12.1 Å². The van der Waals surface area contributed by atoms with E-state index in [0.717, 1.165) is 23.1 Å². The number of hydrogen-bond acceptors (Lipinski definition) is 2. The summed E-state index contributed by atoms with van der Waals surface area (Å²) >= 11 is 0. The van der Waals surface area contributed by atoms with E-state index in [4.69, 9.17) is 4.74 Å². The van der Waals surface area contributed by atoms with Gasteiger partial charge in [-0.1, -0.05) is 18.2 Å². The van der Waals surface area contributed by atoms with Crippen molar-refractivity contribution in [1.82, 2.24) is 9.88 Å². The Labute approximate surface area is 139 Å². The zero-order valence-corrected chi connectivity index (χ0v) is 13.5. The lowest BCUT2D eigenvalue weighted by atomic mass is 10.2. The Bertz CT molecular complexity index is 840. The van der Waals surface area contributed by atoms with Crippen LogP contribution >= 0.6 is 0 Å². The zero-order valence-electron chi connectivity index (χ0n) is 13.5. The molecule has 3 aromatic rings. The third-order valence-corrected chi connectivity index (χ3v) is 3.86. The SMILES string of the molecule is CCn1c(CNC(=O)COc2ccc(F)cc2)cc2ccccc21. The van der Waals surface area contributed by atoms with E-state index in [0.29, 0.717) is 12.3 Å². The van der Waals surface area contributed by atoms with Crippen molar-refractivity contribution < 1.29 is 13.9 Å². The van der Waals surface area contributed by atoms with Gasteiger partial charge in [-0.15, -0.1) is 0 Å². The molecule has 5 heteroatoms. The molecule has 1 heterocycles. The number of carbonyl (C=O) groups is 1. The summed E-state index contributed by atoms with van der Waals surface area (Å²) in [6.07, 6.45) is 0. The largest absolute Gasteiger partial charge is 0.484 e. The first kappa shape index (κ1) is 16.1. The van der Waals surface area contributed by atoms with Crippen LogP contribution in [0.15, 0.2) is 54.6 Å². The maximum atomic E-state index is 12.8. The zero-order chi connectivity index (χ0) is 16.9. The second kappa shape index (κ2) is 7.17. The van der Waals surface area contributed by atoms with Crippen LogP contribution in [-0.4, -0.2) is 17.1 Å². The summed E-state index contributed by atoms with van der Waals surface area (Å²) < 4.78 is 20.3. The van der Waals surface area contributed by atoms with Crippen LogP contribution in [0.5, 0.6) is 5.75 Å². The highest BCUT2D eigenvalue weighted by Gasteiger charge is 2.09. The van der Waals surface area contributed by atoms with Crippen molar-refractivity contribution in [2.75, 3.05) is 6.61 Å². The summed E-state index contributed by atoms with van der Waals surface area (Å²) in [6.45, 7) is 3.26. The van der Waals surface area contributed by atoms with Gasteiger partial charge in [0.2, 0.25) is 0 Å². The fraction of sp³-hybridized carbons (Fsp3) is 0.211. The van der Waals surface area contributed by atoms with E-state index in [1.54, 1.807) is 0 Å². The third kappa shape index (κ3) is 3.56. The molecule has 0 aliphatic rings. The Morgan fingerprint density at radius 3 is 2.67 bits per heavy atom. The number of halogens is 1. The van der Waals surface area contributed by atoms with Crippen LogP contribution in [0, 0.1) is 5.82 Å². The lowest BCUT2D eigenvalue weighted by molar-refractivity contribution is -0.123. The van der Waals surface area contributed by atoms with Crippen molar-refractivity contribution in [1.29, 1.82) is 0 Å². The number of carbonyl (C=O) groups excluding carboxylic acids is 1. The molecule has 0 aliphatic carbocycles. The van der Waals surface area contributed by atoms with Crippen molar-refractivity contribution in [3.63, 3.8) is 0 Å². The van der Waals surface area contributed by atoms with Gasteiger partial charge >= 0.3 is 0 Å². The smallest absolute Gasteiger partial charge is 0.258 e. The van der Waals surface area contributed by atoms with Gasteiger partial charge in [-0.2, -0.15) is 0 Å². The first-order valence-electron chi connectivity index (χ1n) is 7.89. The Morgan fingerprint density at radius 2 is 1.92 bits per heavy atom. The van der Waals surface area contributed by atoms with Crippen LogP contribution in [0.2, 0.25) is 0 Å². The third-order valence-electron chi connectivity index (χ3n) is 3.86. The van der Waals surface area contributed by atoms with E-state index in [9.17, 15) is 9.18 Å². The minimum absolute atomic E-state index is 0.0992. The number of ether oxygens (including phenoxy) is 1. The average Bonchev–Trinajstić information content (AvgIpc) is 2.97. The van der Waals surface area contributed by atoms with Crippen LogP contribution in [0.3, 0.4) is 0 Å². The fourth-order valence-corrected chi connectivity index (χ4v) is 2.71. The molecule has 0 saturated carbocycles. The van der Waals surface area contributed by atoms with Crippen LogP contribution < -0.4 is 10.1 Å². The maximum absolute atomic E-state index is 12.8. The monoisotopic (exact) mass is 326 g/mol. The Kier molecular flexibility index (Phi) is 4.79. The lowest BCUT2D eigenvalue weighted by Crippen LogP contribution is -2.29. The molecule has 3 rings (SSSR count). The van der Waals surface area contributed by atoms with Crippen LogP contribution in [0.1, 0.15) is 12.6 Å². The van der Waals surface area contributed by atoms with E-state index >= 15 is 0 Å². The molecule has 0 atom stereocenters. The lowest BCUT2D eigenvalue weighted by Gasteiger charge is -2.10. The maximum Gasteiger partial charge on any atom is 0.258 e. The Hall–Kier alpha value is -2.82. The van der Waals surface area contributed by atoms with E-state index in [2.05, 4.69) is 35.0 Å². The summed E-state index contributed by atoms with van der Waals surface area (Å²) in [5, 5.41) is 4.02. The van der Waals surface area contributed by atoms with Crippen molar-refractivity contribution in [2.24, 2.45) is 0 Å². The number of nitrogens with zero attached hydrogens (tertiary/aromatic N) is 1. The predicted molar refractivity (Wildman–Crippen MR) is 91.4 cm³/mol. The van der Waals surface area contributed by atoms with E-state index in [1.165, 1.54) is 24.3 Å². The molecular formula is C19H19FN2O2. The van der Waals surface area contributed by atoms with E-state index in [-0.39, 0.29) is 18.3 Å². The predicted octanol–water partition coefficient (Wildman–Crippen LogP) is 3.50. The van der Waals surface area contributed by atoms with Gasteiger partial charge in [0.1, 0.15) is 11.6 Å². The van der Waals surface area contributed by atoms with Crippen molar-refractivity contribution in [2.45, 2.75) is 20.0 Å². The molecule has 0 aliphatic heterocycles. The van der Waals surface area contributed by atoms with Gasteiger partial charge in [0.15, 0.2) is 6.61 Å². The number of hydrogen-bond donors (Lipinski definition) is 1. The number of rotatable bonds is 6. The highest BCUT2D eigenvalue weighted by molar-refractivity contribution is 5.82. The summed E-state index contributed by atoms with van der Waals surface area (Å²) in [4.78, 5) is 12.0. The van der Waals surface area contributed by atoms with Gasteiger partial charge in [0.25, 0.3) is 5.91 Å². The molecule has 2 aromatic carbocycles. The summed E-state index contributed by atoms with van der Waals surface area (Å²) in [7, 11) is 0. The minimum Gasteiger partial charge on any atom is -0.484 e. The van der Waals surface area contributed by atoms with Gasteiger partial charge in [-0.25, -0.2) is 4.39 Å². The first-order valence-corrected chi connectivity index (χ1v) is 7.89. The highest BCUT2D eigenvalue weighted by Crippen LogP contribution is 2.19. The normalized spacial score (nSPS) is 10.8. The van der Waals surface area contributed by atoms with Gasteiger partial charge in [0.05, 0.1) is 6.54 Å². The number of nitrogens with one attached hydrogen (secondary N) is 1.